The number of amides is 2. The molecule has 2 fully saturated rings. The lowest BCUT2D eigenvalue weighted by molar-refractivity contribution is -0.125. The molecule has 2 N–H and O–H groups in total. The molecule has 1 aromatic carbocycles. The maximum absolute atomic E-state index is 12.6. The molecular formula is C16H20N2O3. The summed E-state index contributed by atoms with van der Waals surface area (Å²) < 4.78 is 0. The van der Waals surface area contributed by atoms with Gasteiger partial charge < -0.3 is 15.3 Å². The van der Waals surface area contributed by atoms with Gasteiger partial charge in [0.15, 0.2) is 0 Å². The minimum atomic E-state index is -0.119. The van der Waals surface area contributed by atoms with Gasteiger partial charge in [0.1, 0.15) is 5.75 Å². The number of piperidine rings is 2. The van der Waals surface area contributed by atoms with E-state index in [-0.39, 0.29) is 23.6 Å². The van der Waals surface area contributed by atoms with Crippen LogP contribution >= 0.6 is 0 Å². The number of aromatic hydroxyl groups is 1. The van der Waals surface area contributed by atoms with E-state index >= 15 is 0 Å². The predicted octanol–water partition coefficient (Wildman–Crippen LogP) is 1.44. The van der Waals surface area contributed by atoms with Crippen LogP contribution in [0.1, 0.15) is 35.2 Å². The van der Waals surface area contributed by atoms with Crippen LogP contribution in [0.5, 0.6) is 5.75 Å². The van der Waals surface area contributed by atoms with Crippen LogP contribution in [-0.4, -0.2) is 41.0 Å². The first-order valence-electron chi connectivity index (χ1n) is 7.43. The number of hydrogen-bond donors (Lipinski definition) is 2. The molecule has 2 aliphatic heterocycles. The molecule has 21 heavy (non-hydrogen) atoms. The zero-order valence-corrected chi connectivity index (χ0v) is 12.1. The van der Waals surface area contributed by atoms with Gasteiger partial charge in [-0.05, 0) is 37.8 Å². The number of benzene rings is 1. The number of likely N-dealkylation sites (tertiary alicyclic amines) is 1. The third-order valence-electron chi connectivity index (χ3n) is 4.49. The topological polar surface area (TPSA) is 69.6 Å². The molecule has 0 saturated carbocycles. The van der Waals surface area contributed by atoms with Crippen LogP contribution in [-0.2, 0) is 4.79 Å². The fraction of sp³-hybridized carbons (Fsp3) is 0.500. The molecular weight excluding hydrogens is 268 g/mol. The number of carbonyl (C=O) groups excluding carboxylic acids is 2. The molecule has 5 nitrogen and oxygen atoms in total. The molecule has 0 aliphatic carbocycles. The summed E-state index contributed by atoms with van der Waals surface area (Å²) in [4.78, 5) is 25.8. The van der Waals surface area contributed by atoms with Crippen LogP contribution in [0.25, 0.3) is 0 Å². The summed E-state index contributed by atoms with van der Waals surface area (Å²) in [6, 6.07) is 5.28. The predicted molar refractivity (Wildman–Crippen MR) is 78.0 cm³/mol. The van der Waals surface area contributed by atoms with E-state index in [2.05, 4.69) is 5.32 Å². The van der Waals surface area contributed by atoms with Gasteiger partial charge in [0.2, 0.25) is 5.91 Å². The molecule has 3 rings (SSSR count). The van der Waals surface area contributed by atoms with Crippen molar-refractivity contribution < 1.29 is 14.7 Å². The van der Waals surface area contributed by atoms with Crippen molar-refractivity contribution in [3.05, 3.63) is 29.3 Å². The molecule has 2 saturated heterocycles. The highest BCUT2D eigenvalue weighted by Gasteiger charge is 2.35. The summed E-state index contributed by atoms with van der Waals surface area (Å²) in [5, 5.41) is 12.9. The lowest BCUT2D eigenvalue weighted by atomic mass is 9.85. The number of aryl methyl sites for hydroxylation is 1. The Kier molecular flexibility index (Phi) is 3.57. The maximum Gasteiger partial charge on any atom is 0.257 e. The second-order valence-electron chi connectivity index (χ2n) is 6.03. The lowest BCUT2D eigenvalue weighted by Crippen LogP contribution is -2.55. The minimum absolute atomic E-state index is 0.0321. The number of carbonyl (C=O) groups is 2. The van der Waals surface area contributed by atoms with Crippen molar-refractivity contribution in [1.82, 2.24) is 10.2 Å². The largest absolute Gasteiger partial charge is 0.507 e. The van der Waals surface area contributed by atoms with Gasteiger partial charge in [-0.15, -0.1) is 0 Å². The highest BCUT2D eigenvalue weighted by molar-refractivity contribution is 5.97. The Morgan fingerprint density at radius 2 is 2.19 bits per heavy atom. The van der Waals surface area contributed by atoms with Crippen LogP contribution in [0, 0.1) is 12.8 Å². The zero-order chi connectivity index (χ0) is 15.0. The van der Waals surface area contributed by atoms with Crippen LogP contribution in [0.15, 0.2) is 18.2 Å². The average Bonchev–Trinajstić information content (AvgIpc) is 2.48. The number of rotatable bonds is 1. The van der Waals surface area contributed by atoms with Gasteiger partial charge in [0.05, 0.1) is 5.56 Å². The molecule has 2 atom stereocenters. The number of nitrogens with zero attached hydrogens (tertiary/aromatic N) is 1. The van der Waals surface area contributed by atoms with Crippen molar-refractivity contribution in [2.75, 3.05) is 13.1 Å². The summed E-state index contributed by atoms with van der Waals surface area (Å²) in [5.41, 5.74) is 1.32. The number of phenolic OH excluding ortho intramolecular Hbond substituents is 1. The molecule has 0 radical (unpaired) electrons. The third kappa shape index (κ3) is 2.73. The van der Waals surface area contributed by atoms with Gasteiger partial charge in [-0.1, -0.05) is 11.6 Å². The maximum atomic E-state index is 12.6. The molecule has 0 bridgehead atoms. The highest BCUT2D eigenvalue weighted by Crippen LogP contribution is 2.28. The van der Waals surface area contributed by atoms with E-state index < -0.39 is 0 Å². The van der Waals surface area contributed by atoms with E-state index in [0.29, 0.717) is 31.0 Å². The summed E-state index contributed by atoms with van der Waals surface area (Å²) in [6.07, 6.45) is 2.16. The molecule has 0 spiro atoms. The van der Waals surface area contributed by atoms with Crippen molar-refractivity contribution in [3.8, 4) is 5.75 Å². The first kappa shape index (κ1) is 13.9. The Labute approximate surface area is 123 Å². The summed E-state index contributed by atoms with van der Waals surface area (Å²) in [6.45, 7) is 3.17. The molecule has 0 aromatic heterocycles. The lowest BCUT2D eigenvalue weighted by Gasteiger charge is -2.41. The number of phenols is 1. The Hall–Kier alpha value is -2.04. The second kappa shape index (κ2) is 5.39. The monoisotopic (exact) mass is 288 g/mol. The van der Waals surface area contributed by atoms with Gasteiger partial charge in [-0.3, -0.25) is 9.59 Å². The van der Waals surface area contributed by atoms with Gasteiger partial charge >= 0.3 is 0 Å². The van der Waals surface area contributed by atoms with E-state index in [9.17, 15) is 14.7 Å². The molecule has 1 aromatic rings. The summed E-state index contributed by atoms with van der Waals surface area (Å²) in [7, 11) is 0. The summed E-state index contributed by atoms with van der Waals surface area (Å²) in [5.74, 6) is 0.357. The Morgan fingerprint density at radius 3 is 3.00 bits per heavy atom. The van der Waals surface area contributed by atoms with Crippen LogP contribution in [0.3, 0.4) is 0 Å². The molecule has 2 aliphatic rings. The van der Waals surface area contributed by atoms with Gasteiger partial charge in [-0.2, -0.15) is 0 Å². The minimum Gasteiger partial charge on any atom is -0.507 e. The smallest absolute Gasteiger partial charge is 0.257 e. The van der Waals surface area contributed by atoms with Crippen molar-refractivity contribution in [1.29, 1.82) is 0 Å². The first-order valence-corrected chi connectivity index (χ1v) is 7.43. The van der Waals surface area contributed by atoms with E-state index in [1.54, 1.807) is 23.1 Å². The quantitative estimate of drug-likeness (QED) is 0.821. The fourth-order valence-corrected chi connectivity index (χ4v) is 3.29. The third-order valence-corrected chi connectivity index (χ3v) is 4.49. The van der Waals surface area contributed by atoms with Gasteiger partial charge in [0.25, 0.3) is 5.91 Å². The Bertz CT molecular complexity index is 585. The Balaban J connectivity index is 1.74. The normalized spacial score (nSPS) is 25.2. The molecule has 112 valence electrons. The van der Waals surface area contributed by atoms with Crippen molar-refractivity contribution in [2.24, 2.45) is 5.92 Å². The second-order valence-corrected chi connectivity index (χ2v) is 6.03. The molecule has 5 heteroatoms. The SMILES string of the molecule is Cc1ccc(O)c(C(=O)N2CCC3NC(=O)CCC3C2)c1. The van der Waals surface area contributed by atoms with E-state index in [1.807, 2.05) is 6.92 Å². The first-order chi connectivity index (χ1) is 10.0. The number of hydrogen-bond acceptors (Lipinski definition) is 3. The van der Waals surface area contributed by atoms with E-state index in [1.165, 1.54) is 0 Å². The number of fused-ring (bicyclic) bond motifs is 1. The van der Waals surface area contributed by atoms with Crippen molar-refractivity contribution in [2.45, 2.75) is 32.2 Å². The molecule has 2 heterocycles. The molecule has 2 unspecified atom stereocenters. The fourth-order valence-electron chi connectivity index (χ4n) is 3.29. The standard InChI is InChI=1S/C16H20N2O3/c1-10-2-4-14(19)12(8-10)16(21)18-7-6-13-11(9-18)3-5-15(20)17-13/h2,4,8,11,13,19H,3,5-7,9H2,1H3,(H,17,20). The van der Waals surface area contributed by atoms with Crippen LogP contribution < -0.4 is 5.32 Å². The highest BCUT2D eigenvalue weighted by atomic mass is 16.3. The van der Waals surface area contributed by atoms with Crippen LogP contribution in [0.2, 0.25) is 0 Å². The van der Waals surface area contributed by atoms with Crippen molar-refractivity contribution >= 4 is 11.8 Å². The van der Waals surface area contributed by atoms with E-state index in [0.717, 1.165) is 18.4 Å². The average molecular weight is 288 g/mol. The van der Waals surface area contributed by atoms with Gasteiger partial charge in [0, 0.05) is 25.6 Å². The zero-order valence-electron chi connectivity index (χ0n) is 12.1. The van der Waals surface area contributed by atoms with Crippen molar-refractivity contribution in [3.63, 3.8) is 0 Å². The van der Waals surface area contributed by atoms with E-state index in [4.69, 9.17) is 0 Å². The summed E-state index contributed by atoms with van der Waals surface area (Å²) >= 11 is 0. The van der Waals surface area contributed by atoms with Gasteiger partial charge in [-0.25, -0.2) is 0 Å². The molecule has 2 amide bonds. The van der Waals surface area contributed by atoms with Crippen LogP contribution in [0.4, 0.5) is 0 Å². The Morgan fingerprint density at radius 1 is 1.38 bits per heavy atom. The number of nitrogens with one attached hydrogen (secondary N) is 1.